The molecule has 1 aromatic rings. The maximum atomic E-state index is 11.6. The van der Waals surface area contributed by atoms with Gasteiger partial charge in [0, 0.05) is 12.6 Å². The topological polar surface area (TPSA) is 38.1 Å². The quantitative estimate of drug-likeness (QED) is 0.665. The Bertz CT molecular complexity index is 212. The Morgan fingerprint density at radius 1 is 1.73 bits per heavy atom. The van der Waals surface area contributed by atoms with Crippen LogP contribution in [-0.2, 0) is 6.54 Å². The number of nitrogens with zero attached hydrogens (tertiary/aromatic N) is 1. The lowest BCUT2D eigenvalue weighted by atomic mass is 10.4. The molecule has 1 N–H and O–H groups in total. The molecule has 0 spiro atoms. The number of aromatic nitrogens is 1. The molecule has 1 heterocycles. The summed E-state index contributed by atoms with van der Waals surface area (Å²) in [6.07, 6.45) is 0. The molecule has 11 heavy (non-hydrogen) atoms. The highest BCUT2D eigenvalue weighted by Crippen LogP contribution is 2.00. The monoisotopic (exact) mass is 158 g/mol. The van der Waals surface area contributed by atoms with E-state index in [1.165, 1.54) is 0 Å². The Kier molecular flexibility index (Phi) is 3.04. The SMILES string of the molecule is Cc1cc(CNCCF)on1. The van der Waals surface area contributed by atoms with Gasteiger partial charge in [0.2, 0.25) is 0 Å². The van der Waals surface area contributed by atoms with E-state index in [0.717, 1.165) is 11.5 Å². The van der Waals surface area contributed by atoms with Gasteiger partial charge < -0.3 is 9.84 Å². The van der Waals surface area contributed by atoms with E-state index in [2.05, 4.69) is 10.5 Å². The summed E-state index contributed by atoms with van der Waals surface area (Å²) in [6.45, 7) is 2.40. The van der Waals surface area contributed by atoms with Crippen LogP contribution in [0.4, 0.5) is 4.39 Å². The number of nitrogens with one attached hydrogen (secondary N) is 1. The van der Waals surface area contributed by atoms with Crippen LogP contribution in [0.25, 0.3) is 0 Å². The van der Waals surface area contributed by atoms with Gasteiger partial charge in [-0.2, -0.15) is 0 Å². The first-order chi connectivity index (χ1) is 5.33. The highest BCUT2D eigenvalue weighted by atomic mass is 19.1. The van der Waals surface area contributed by atoms with Crippen molar-refractivity contribution >= 4 is 0 Å². The van der Waals surface area contributed by atoms with Crippen LogP contribution < -0.4 is 5.32 Å². The van der Waals surface area contributed by atoms with Crippen molar-refractivity contribution in [2.24, 2.45) is 0 Å². The largest absolute Gasteiger partial charge is 0.360 e. The maximum Gasteiger partial charge on any atom is 0.150 e. The van der Waals surface area contributed by atoms with Gasteiger partial charge in [0.1, 0.15) is 6.67 Å². The number of alkyl halides is 1. The first-order valence-electron chi connectivity index (χ1n) is 3.52. The van der Waals surface area contributed by atoms with Crippen molar-refractivity contribution in [2.75, 3.05) is 13.2 Å². The molecule has 0 aromatic carbocycles. The molecular formula is C7H11FN2O. The second kappa shape index (κ2) is 4.08. The van der Waals surface area contributed by atoms with Gasteiger partial charge in [-0.1, -0.05) is 5.16 Å². The minimum Gasteiger partial charge on any atom is -0.360 e. The molecular weight excluding hydrogens is 147 g/mol. The number of halogens is 1. The van der Waals surface area contributed by atoms with Gasteiger partial charge in [0.25, 0.3) is 0 Å². The summed E-state index contributed by atoms with van der Waals surface area (Å²) < 4.78 is 16.5. The fraction of sp³-hybridized carbons (Fsp3) is 0.571. The summed E-state index contributed by atoms with van der Waals surface area (Å²) in [7, 11) is 0. The zero-order chi connectivity index (χ0) is 8.10. The van der Waals surface area contributed by atoms with E-state index in [1.54, 1.807) is 0 Å². The number of aryl methyl sites for hydroxylation is 1. The van der Waals surface area contributed by atoms with Crippen molar-refractivity contribution < 1.29 is 8.91 Å². The first kappa shape index (κ1) is 8.20. The molecule has 4 heteroatoms. The Labute approximate surface area is 64.6 Å². The third-order valence-electron chi connectivity index (χ3n) is 1.25. The fourth-order valence-corrected chi connectivity index (χ4v) is 0.778. The standard InChI is InChI=1S/C7H11FN2O/c1-6-4-7(11-10-6)5-9-3-2-8/h4,9H,2-3,5H2,1H3. The highest BCUT2D eigenvalue weighted by molar-refractivity contribution is 5.02. The number of rotatable bonds is 4. The molecule has 0 aliphatic heterocycles. The average molecular weight is 158 g/mol. The highest BCUT2D eigenvalue weighted by Gasteiger charge is 1.97. The molecule has 0 aliphatic carbocycles. The molecule has 0 fully saturated rings. The lowest BCUT2D eigenvalue weighted by molar-refractivity contribution is 0.364. The summed E-state index contributed by atoms with van der Waals surface area (Å²) in [5, 5.41) is 6.54. The summed E-state index contributed by atoms with van der Waals surface area (Å²) in [5.74, 6) is 0.746. The number of hydrogen-bond acceptors (Lipinski definition) is 3. The van der Waals surface area contributed by atoms with E-state index in [1.807, 2.05) is 13.0 Å². The lowest BCUT2D eigenvalue weighted by Gasteiger charge is -1.94. The average Bonchev–Trinajstić information content (AvgIpc) is 2.37. The Morgan fingerprint density at radius 2 is 2.55 bits per heavy atom. The summed E-state index contributed by atoms with van der Waals surface area (Å²) in [6, 6.07) is 1.82. The van der Waals surface area contributed by atoms with Crippen molar-refractivity contribution in [3.05, 3.63) is 17.5 Å². The summed E-state index contributed by atoms with van der Waals surface area (Å²) in [4.78, 5) is 0. The molecule has 0 amide bonds. The summed E-state index contributed by atoms with van der Waals surface area (Å²) >= 11 is 0. The molecule has 62 valence electrons. The molecule has 3 nitrogen and oxygen atoms in total. The Morgan fingerprint density at radius 3 is 3.09 bits per heavy atom. The van der Waals surface area contributed by atoms with Crippen molar-refractivity contribution in [2.45, 2.75) is 13.5 Å². The normalized spacial score (nSPS) is 10.4. The zero-order valence-electron chi connectivity index (χ0n) is 6.43. The van der Waals surface area contributed by atoms with Gasteiger partial charge in [-0.25, -0.2) is 4.39 Å². The van der Waals surface area contributed by atoms with Gasteiger partial charge in [-0.05, 0) is 6.92 Å². The van der Waals surface area contributed by atoms with E-state index in [-0.39, 0.29) is 6.67 Å². The van der Waals surface area contributed by atoms with Crippen LogP contribution in [0.15, 0.2) is 10.6 Å². The molecule has 0 saturated carbocycles. The maximum absolute atomic E-state index is 11.6. The Hall–Kier alpha value is -0.900. The van der Waals surface area contributed by atoms with Gasteiger partial charge in [-0.15, -0.1) is 0 Å². The smallest absolute Gasteiger partial charge is 0.150 e. The van der Waals surface area contributed by atoms with E-state index in [4.69, 9.17) is 4.52 Å². The van der Waals surface area contributed by atoms with Crippen molar-refractivity contribution in [3.8, 4) is 0 Å². The van der Waals surface area contributed by atoms with Gasteiger partial charge in [-0.3, -0.25) is 0 Å². The predicted molar refractivity (Wildman–Crippen MR) is 38.9 cm³/mol. The van der Waals surface area contributed by atoms with Gasteiger partial charge in [0.15, 0.2) is 5.76 Å². The second-order valence-electron chi connectivity index (χ2n) is 2.30. The van der Waals surface area contributed by atoms with Crippen molar-refractivity contribution in [1.82, 2.24) is 10.5 Å². The van der Waals surface area contributed by atoms with Gasteiger partial charge >= 0.3 is 0 Å². The predicted octanol–water partition coefficient (Wildman–Crippen LogP) is 1.04. The van der Waals surface area contributed by atoms with E-state index >= 15 is 0 Å². The fourth-order valence-electron chi connectivity index (χ4n) is 0.778. The minimum absolute atomic E-state index is 0.354. The van der Waals surface area contributed by atoms with Crippen molar-refractivity contribution in [1.29, 1.82) is 0 Å². The second-order valence-corrected chi connectivity index (χ2v) is 2.30. The molecule has 1 rings (SSSR count). The molecule has 0 saturated heterocycles. The first-order valence-corrected chi connectivity index (χ1v) is 3.52. The van der Waals surface area contributed by atoms with E-state index in [9.17, 15) is 4.39 Å². The van der Waals surface area contributed by atoms with Crippen LogP contribution in [0.1, 0.15) is 11.5 Å². The van der Waals surface area contributed by atoms with Gasteiger partial charge in [0.05, 0.1) is 12.2 Å². The molecule has 0 atom stereocenters. The summed E-state index contributed by atoms with van der Waals surface area (Å²) in [5.41, 5.74) is 0.849. The van der Waals surface area contributed by atoms with Crippen LogP contribution >= 0.6 is 0 Å². The van der Waals surface area contributed by atoms with E-state index < -0.39 is 0 Å². The zero-order valence-corrected chi connectivity index (χ0v) is 6.43. The van der Waals surface area contributed by atoms with Crippen LogP contribution in [-0.4, -0.2) is 18.4 Å². The molecule has 1 aromatic heterocycles. The van der Waals surface area contributed by atoms with Crippen molar-refractivity contribution in [3.63, 3.8) is 0 Å². The van der Waals surface area contributed by atoms with Crippen LogP contribution in [0, 0.1) is 6.92 Å². The lowest BCUT2D eigenvalue weighted by Crippen LogP contribution is -2.15. The molecule has 0 aliphatic rings. The third kappa shape index (κ3) is 2.67. The number of hydrogen-bond donors (Lipinski definition) is 1. The van der Waals surface area contributed by atoms with Crippen LogP contribution in [0.3, 0.4) is 0 Å². The molecule has 0 radical (unpaired) electrons. The Balaban J connectivity index is 2.27. The molecule has 0 bridgehead atoms. The van der Waals surface area contributed by atoms with Crippen LogP contribution in [0.5, 0.6) is 0 Å². The molecule has 0 unspecified atom stereocenters. The third-order valence-corrected chi connectivity index (χ3v) is 1.25. The minimum atomic E-state index is -0.354. The van der Waals surface area contributed by atoms with E-state index in [0.29, 0.717) is 13.1 Å². The van der Waals surface area contributed by atoms with Crippen LogP contribution in [0.2, 0.25) is 0 Å².